The molecule has 0 amide bonds. The molecular formula is C3H4N4O2. The van der Waals surface area contributed by atoms with Gasteiger partial charge in [0, 0.05) is 0 Å². The van der Waals surface area contributed by atoms with Crippen molar-refractivity contribution in [3.8, 4) is 0 Å². The van der Waals surface area contributed by atoms with Crippen molar-refractivity contribution in [1.82, 2.24) is 15.4 Å². The Morgan fingerprint density at radius 2 is 1.78 bits per heavy atom. The molecule has 1 N–H and O–H groups in total. The molecule has 0 saturated carbocycles. The number of rotatable bonds is 0. The van der Waals surface area contributed by atoms with Gasteiger partial charge in [0.1, 0.15) is 0 Å². The molecule has 0 aromatic carbocycles. The molecule has 48 valence electrons. The molecule has 0 saturated heterocycles. The molecule has 0 aliphatic heterocycles. The largest absolute Gasteiger partial charge is 0.379 e. The van der Waals surface area contributed by atoms with E-state index in [0.29, 0.717) is 0 Å². The number of nitrogens with zero attached hydrogens (tertiary/aromatic N) is 4. The summed E-state index contributed by atoms with van der Waals surface area (Å²) in [4.78, 5) is 8.11. The van der Waals surface area contributed by atoms with Crippen LogP contribution < -0.4 is 0 Å². The molecule has 0 aliphatic carbocycles. The van der Waals surface area contributed by atoms with E-state index in [4.69, 9.17) is 10.1 Å². The number of hydrogen-bond donors (Lipinski definition) is 1. The number of aromatic nitrogens is 3. The van der Waals surface area contributed by atoms with Gasteiger partial charge in [0.25, 0.3) is 0 Å². The van der Waals surface area contributed by atoms with Gasteiger partial charge in [0.05, 0.1) is 12.4 Å². The fourth-order valence-corrected chi connectivity index (χ4v) is 0.205. The Balaban J connectivity index is 0.000000187. The Bertz CT molecular complexity index is 117. The van der Waals surface area contributed by atoms with Gasteiger partial charge < -0.3 is 5.21 Å². The van der Waals surface area contributed by atoms with Gasteiger partial charge in [-0.2, -0.15) is 0 Å². The van der Waals surface area contributed by atoms with Gasteiger partial charge in [-0.25, -0.2) is 0 Å². The highest BCUT2D eigenvalue weighted by Crippen LogP contribution is 1.61. The topological polar surface area (TPSA) is 88.3 Å². The standard InChI is InChI=1S/C3H3N3.HNO2/c1-2-4-6-5-3-1;2-1-3/h1-3H;(H,2,3). The van der Waals surface area contributed by atoms with E-state index in [2.05, 4.69) is 15.4 Å². The molecule has 6 nitrogen and oxygen atoms in total. The van der Waals surface area contributed by atoms with Crippen LogP contribution in [0.4, 0.5) is 0 Å². The monoisotopic (exact) mass is 128 g/mol. The lowest BCUT2D eigenvalue weighted by molar-refractivity contribution is 0.312. The fourth-order valence-electron chi connectivity index (χ4n) is 0.205. The van der Waals surface area contributed by atoms with Gasteiger partial charge in [0.15, 0.2) is 5.34 Å². The highest BCUT2D eigenvalue weighted by Gasteiger charge is 1.60. The third-order valence-electron chi connectivity index (χ3n) is 0.409. The van der Waals surface area contributed by atoms with Crippen molar-refractivity contribution in [1.29, 1.82) is 0 Å². The molecule has 1 heterocycles. The smallest absolute Gasteiger partial charge is 0.152 e. The van der Waals surface area contributed by atoms with Crippen LogP contribution in [0, 0.1) is 4.91 Å². The zero-order valence-electron chi connectivity index (χ0n) is 4.38. The fraction of sp³-hybridized carbons (Fsp3) is 0. The Morgan fingerprint density at radius 3 is 1.89 bits per heavy atom. The third kappa shape index (κ3) is 6.41. The third-order valence-corrected chi connectivity index (χ3v) is 0.409. The first-order valence-corrected chi connectivity index (χ1v) is 1.97. The molecule has 0 unspecified atom stereocenters. The highest BCUT2D eigenvalue weighted by molar-refractivity contribution is 4.69. The zero-order chi connectivity index (χ0) is 6.95. The minimum absolute atomic E-state index is 1.25. The van der Waals surface area contributed by atoms with Gasteiger partial charge >= 0.3 is 0 Å². The van der Waals surface area contributed by atoms with Crippen molar-refractivity contribution in [2.24, 2.45) is 5.34 Å². The van der Waals surface area contributed by atoms with E-state index < -0.39 is 0 Å². The Hall–Kier alpha value is -1.59. The highest BCUT2D eigenvalue weighted by atomic mass is 16.6. The van der Waals surface area contributed by atoms with Crippen LogP contribution in [-0.4, -0.2) is 20.6 Å². The van der Waals surface area contributed by atoms with E-state index >= 15 is 0 Å². The molecule has 0 aliphatic rings. The minimum Gasteiger partial charge on any atom is -0.379 e. The van der Waals surface area contributed by atoms with Crippen molar-refractivity contribution in [2.45, 2.75) is 0 Å². The summed E-state index contributed by atoms with van der Waals surface area (Å²) in [6.45, 7) is 0. The molecule has 0 spiro atoms. The van der Waals surface area contributed by atoms with E-state index in [1.807, 2.05) is 0 Å². The van der Waals surface area contributed by atoms with E-state index in [9.17, 15) is 0 Å². The van der Waals surface area contributed by atoms with Gasteiger partial charge in [-0.1, -0.05) is 0 Å². The Morgan fingerprint density at radius 1 is 1.33 bits per heavy atom. The van der Waals surface area contributed by atoms with E-state index in [0.717, 1.165) is 0 Å². The second-order valence-corrected chi connectivity index (χ2v) is 0.893. The molecule has 0 radical (unpaired) electrons. The van der Waals surface area contributed by atoms with Crippen LogP contribution >= 0.6 is 0 Å². The van der Waals surface area contributed by atoms with Gasteiger partial charge in [-0.3, -0.25) is 0 Å². The van der Waals surface area contributed by atoms with Crippen LogP contribution in [0.25, 0.3) is 0 Å². The van der Waals surface area contributed by atoms with Crippen LogP contribution in [0.3, 0.4) is 0 Å². The van der Waals surface area contributed by atoms with Crippen LogP contribution in [0.15, 0.2) is 23.8 Å². The van der Waals surface area contributed by atoms with Crippen molar-refractivity contribution in [3.63, 3.8) is 0 Å². The second kappa shape index (κ2) is 6.41. The minimum atomic E-state index is 1.25. The lowest BCUT2D eigenvalue weighted by atomic mass is 10.7. The summed E-state index contributed by atoms with van der Waals surface area (Å²) in [5.74, 6) is 0. The number of hydrogen-bond acceptors (Lipinski definition) is 5. The van der Waals surface area contributed by atoms with E-state index in [-0.39, 0.29) is 0 Å². The van der Waals surface area contributed by atoms with Crippen molar-refractivity contribution >= 4 is 0 Å². The Kier molecular flexibility index (Phi) is 5.28. The van der Waals surface area contributed by atoms with E-state index in [1.54, 1.807) is 18.5 Å². The van der Waals surface area contributed by atoms with Crippen LogP contribution in [0.5, 0.6) is 0 Å². The SMILES string of the molecule is O=NO.c1cnnnc1. The summed E-state index contributed by atoms with van der Waals surface area (Å²) in [7, 11) is 0. The van der Waals surface area contributed by atoms with Crippen LogP contribution in [0.2, 0.25) is 0 Å². The maximum absolute atomic E-state index is 8.11. The molecule has 1 aromatic rings. The summed E-state index contributed by atoms with van der Waals surface area (Å²) in [6, 6.07) is 1.72. The summed E-state index contributed by atoms with van der Waals surface area (Å²) < 4.78 is 0. The average molecular weight is 128 g/mol. The maximum atomic E-state index is 8.11. The van der Waals surface area contributed by atoms with Crippen molar-refractivity contribution < 1.29 is 5.21 Å². The average Bonchev–Trinajstić information content (AvgIpc) is 1.93. The maximum Gasteiger partial charge on any atom is 0.152 e. The molecule has 6 heteroatoms. The first-order chi connectivity index (χ1) is 4.41. The predicted octanol–water partition coefficient (Wildman–Crippen LogP) is 0.0136. The molecule has 1 rings (SSSR count). The van der Waals surface area contributed by atoms with Crippen molar-refractivity contribution in [3.05, 3.63) is 23.4 Å². The van der Waals surface area contributed by atoms with E-state index in [1.165, 1.54) is 5.34 Å². The predicted molar refractivity (Wildman–Crippen MR) is 27.4 cm³/mol. The second-order valence-electron chi connectivity index (χ2n) is 0.893. The van der Waals surface area contributed by atoms with Gasteiger partial charge in [-0.05, 0) is 11.3 Å². The van der Waals surface area contributed by atoms with Gasteiger partial charge in [0.2, 0.25) is 0 Å². The first kappa shape index (κ1) is 7.41. The van der Waals surface area contributed by atoms with Crippen molar-refractivity contribution in [2.75, 3.05) is 0 Å². The molecular weight excluding hydrogens is 124 g/mol. The quantitative estimate of drug-likeness (QED) is 0.392. The zero-order valence-corrected chi connectivity index (χ0v) is 4.38. The summed E-state index contributed by atoms with van der Waals surface area (Å²) in [5.41, 5.74) is 0. The normalized spacial score (nSPS) is 6.67. The molecule has 0 atom stereocenters. The molecule has 9 heavy (non-hydrogen) atoms. The molecule has 1 aromatic heterocycles. The lowest BCUT2D eigenvalue weighted by Crippen LogP contribution is -1.78. The van der Waals surface area contributed by atoms with Gasteiger partial charge in [-0.15, -0.1) is 15.1 Å². The summed E-state index contributed by atoms with van der Waals surface area (Å²) in [5, 5.41) is 18.0. The summed E-state index contributed by atoms with van der Waals surface area (Å²) >= 11 is 0. The molecule has 0 bridgehead atoms. The van der Waals surface area contributed by atoms with Crippen LogP contribution in [-0.2, 0) is 0 Å². The Labute approximate surface area is 50.5 Å². The first-order valence-electron chi connectivity index (χ1n) is 1.97. The summed E-state index contributed by atoms with van der Waals surface area (Å²) in [6.07, 6.45) is 3.15. The molecule has 0 fully saturated rings. The van der Waals surface area contributed by atoms with Crippen LogP contribution in [0.1, 0.15) is 0 Å². The lowest BCUT2D eigenvalue weighted by Gasteiger charge is -1.68.